The fourth-order valence-electron chi connectivity index (χ4n) is 0. The molecule has 0 amide bonds. The number of hydrogen-bond donors (Lipinski definition) is 0. The number of rotatable bonds is 0. The van der Waals surface area contributed by atoms with Gasteiger partial charge in [-0.25, -0.2) is 0 Å². The third-order valence-corrected chi connectivity index (χ3v) is 0. The van der Waals surface area contributed by atoms with Gasteiger partial charge in [0.25, 0.3) is 0 Å². The average Bonchev–Trinajstić information content (AvgIpc) is 1.25. The average molecular weight is 222 g/mol. The van der Waals surface area contributed by atoms with Crippen molar-refractivity contribution in [3.8, 4) is 0 Å². The summed E-state index contributed by atoms with van der Waals surface area (Å²) in [7, 11) is 0. The van der Waals surface area contributed by atoms with E-state index in [1.165, 1.54) is 0 Å². The SMILES string of the molecule is [Mg+2].[O]=[V](=[O])[O-].[O]=[V](=[O])[O-]. The molecule has 0 atom stereocenters. The van der Waals surface area contributed by atoms with E-state index in [4.69, 9.17) is 22.8 Å². The number of hydrogen-bond acceptors (Lipinski definition) is 6. The van der Waals surface area contributed by atoms with Gasteiger partial charge in [-0.1, -0.05) is 0 Å². The van der Waals surface area contributed by atoms with Gasteiger partial charge in [-0.15, -0.1) is 0 Å². The van der Waals surface area contributed by atoms with Crippen molar-refractivity contribution in [2.45, 2.75) is 0 Å². The maximum atomic E-state index is 8.56. The Labute approximate surface area is 76.1 Å². The van der Waals surface area contributed by atoms with E-state index in [1.54, 1.807) is 0 Å². The van der Waals surface area contributed by atoms with Gasteiger partial charge in [-0.05, 0) is 0 Å². The quantitative estimate of drug-likeness (QED) is 0.398. The maximum absolute atomic E-state index is 8.56. The minimum atomic E-state index is -3.94. The molecule has 0 unspecified atom stereocenters. The Morgan fingerprint density at radius 2 is 0.778 bits per heavy atom. The van der Waals surface area contributed by atoms with E-state index >= 15 is 0 Å². The third-order valence-electron chi connectivity index (χ3n) is 0. The summed E-state index contributed by atoms with van der Waals surface area (Å²) in [4.78, 5) is 0. The first-order chi connectivity index (χ1) is 3.46. The molecule has 0 heterocycles. The van der Waals surface area contributed by atoms with Crippen molar-refractivity contribution in [1.82, 2.24) is 0 Å². The molecule has 48 valence electrons. The predicted molar refractivity (Wildman–Crippen MR) is 8.50 cm³/mol. The van der Waals surface area contributed by atoms with Gasteiger partial charge < -0.3 is 0 Å². The van der Waals surface area contributed by atoms with Crippen LogP contribution in [-0.4, -0.2) is 23.1 Å². The van der Waals surface area contributed by atoms with Crippen molar-refractivity contribution in [3.05, 3.63) is 0 Å². The van der Waals surface area contributed by atoms with Crippen molar-refractivity contribution in [1.29, 1.82) is 0 Å². The molecule has 6 nitrogen and oxygen atoms in total. The standard InChI is InChI=1S/Mg.6O.2V/q+2;;;;;2*-1;;. The van der Waals surface area contributed by atoms with Gasteiger partial charge in [0.1, 0.15) is 0 Å². The van der Waals surface area contributed by atoms with Crippen LogP contribution < -0.4 is 8.06 Å². The van der Waals surface area contributed by atoms with E-state index in [0.717, 1.165) is 0 Å². The summed E-state index contributed by atoms with van der Waals surface area (Å²) >= 11 is -7.88. The third kappa shape index (κ3) is 405. The molecular weight excluding hydrogens is 222 g/mol. The van der Waals surface area contributed by atoms with Crippen molar-refractivity contribution < 1.29 is 53.6 Å². The van der Waals surface area contributed by atoms with Crippen molar-refractivity contribution in [2.24, 2.45) is 0 Å². The fraction of sp³-hybridized carbons (Fsp3) is 0. The van der Waals surface area contributed by atoms with Gasteiger partial charge in [0.2, 0.25) is 0 Å². The van der Waals surface area contributed by atoms with Crippen molar-refractivity contribution in [3.63, 3.8) is 0 Å². The Balaban J connectivity index is -0.0000000720. The summed E-state index contributed by atoms with van der Waals surface area (Å²) in [6.07, 6.45) is 0. The minimum absolute atomic E-state index is 0. The van der Waals surface area contributed by atoms with Gasteiger partial charge in [0.05, 0.1) is 0 Å². The van der Waals surface area contributed by atoms with Crippen LogP contribution in [0.15, 0.2) is 0 Å². The molecule has 0 N–H and O–H groups in total. The Morgan fingerprint density at radius 3 is 0.778 bits per heavy atom. The van der Waals surface area contributed by atoms with Crippen LogP contribution >= 0.6 is 0 Å². The Hall–Kier alpha value is 1.06. The fourth-order valence-corrected chi connectivity index (χ4v) is 0. The van der Waals surface area contributed by atoms with Gasteiger partial charge in [0, 0.05) is 0 Å². The first-order valence-corrected chi connectivity index (χ1v) is 4.52. The van der Waals surface area contributed by atoms with E-state index in [9.17, 15) is 0 Å². The van der Waals surface area contributed by atoms with Crippen LogP contribution in [0.4, 0.5) is 0 Å². The van der Waals surface area contributed by atoms with Crippen LogP contribution in [0.1, 0.15) is 0 Å². The van der Waals surface area contributed by atoms with Crippen molar-refractivity contribution >= 4 is 23.1 Å². The van der Waals surface area contributed by atoms with Crippen LogP contribution in [0, 0.1) is 0 Å². The van der Waals surface area contributed by atoms with Crippen LogP contribution in [0.5, 0.6) is 0 Å². The zero-order valence-electron chi connectivity index (χ0n) is 4.05. The van der Waals surface area contributed by atoms with E-state index in [2.05, 4.69) is 0 Å². The second-order valence-electron chi connectivity index (χ2n) is 0.447. The molecule has 0 aromatic rings. The molecule has 0 aromatic heterocycles. The Kier molecular flexibility index (Phi) is 21.7. The topological polar surface area (TPSA) is 114 Å². The van der Waals surface area contributed by atoms with E-state index < -0.39 is 30.8 Å². The molecule has 0 rings (SSSR count). The Morgan fingerprint density at radius 1 is 0.778 bits per heavy atom. The molecular formula is MgO6V2. The van der Waals surface area contributed by atoms with Crippen molar-refractivity contribution in [2.75, 3.05) is 0 Å². The first-order valence-electron chi connectivity index (χ1n) is 1.10. The summed E-state index contributed by atoms with van der Waals surface area (Å²) in [5.74, 6) is 0. The van der Waals surface area contributed by atoms with Crippen LogP contribution in [0.2, 0.25) is 0 Å². The van der Waals surface area contributed by atoms with Crippen LogP contribution in [0.25, 0.3) is 0 Å². The monoisotopic (exact) mass is 222 g/mol. The molecule has 0 spiro atoms. The second kappa shape index (κ2) is 11.8. The predicted octanol–water partition coefficient (Wildman–Crippen LogP) is -3.24. The van der Waals surface area contributed by atoms with E-state index in [-0.39, 0.29) is 23.1 Å². The van der Waals surface area contributed by atoms with Gasteiger partial charge in [0.15, 0.2) is 0 Å². The molecule has 0 saturated carbocycles. The molecule has 0 aliphatic rings. The zero-order chi connectivity index (χ0) is 7.15. The normalized spacial score (nSPS) is 5.56. The molecule has 0 radical (unpaired) electrons. The molecule has 9 heavy (non-hydrogen) atoms. The summed E-state index contributed by atoms with van der Waals surface area (Å²) in [5.41, 5.74) is 0. The van der Waals surface area contributed by atoms with E-state index in [1.807, 2.05) is 0 Å². The van der Waals surface area contributed by atoms with Crippen LogP contribution in [0.3, 0.4) is 0 Å². The Bertz CT molecular complexity index is 128. The molecule has 0 bridgehead atoms. The molecule has 0 aliphatic heterocycles. The molecule has 0 saturated heterocycles. The van der Waals surface area contributed by atoms with Gasteiger partial charge >= 0.3 is 76.6 Å². The van der Waals surface area contributed by atoms with Gasteiger partial charge in [-0.3, -0.25) is 0 Å². The summed E-state index contributed by atoms with van der Waals surface area (Å²) < 4.78 is 51.4. The second-order valence-corrected chi connectivity index (χ2v) is 1.84. The zero-order valence-corrected chi connectivity index (χ0v) is 8.26. The van der Waals surface area contributed by atoms with Gasteiger partial charge in [-0.2, -0.15) is 0 Å². The summed E-state index contributed by atoms with van der Waals surface area (Å²) in [6.45, 7) is 0. The molecule has 0 fully saturated rings. The molecule has 0 aliphatic carbocycles. The summed E-state index contributed by atoms with van der Waals surface area (Å²) in [6, 6.07) is 0. The van der Waals surface area contributed by atoms with Crippen LogP contribution in [-0.2, 0) is 45.5 Å². The first kappa shape index (κ1) is 16.6. The van der Waals surface area contributed by atoms with E-state index in [0.29, 0.717) is 0 Å². The summed E-state index contributed by atoms with van der Waals surface area (Å²) in [5, 5.41) is 0. The molecule has 9 heteroatoms. The molecule has 0 aromatic carbocycles.